The third-order valence-electron chi connectivity index (χ3n) is 3.32. The number of hydrogen-bond acceptors (Lipinski definition) is 3. The second kappa shape index (κ2) is 5.53. The third-order valence-corrected chi connectivity index (χ3v) is 3.86. The zero-order valence-corrected chi connectivity index (χ0v) is 11.4. The van der Waals surface area contributed by atoms with Gasteiger partial charge in [0.1, 0.15) is 10.3 Å². The first kappa shape index (κ1) is 13.1. The fourth-order valence-electron chi connectivity index (χ4n) is 2.27. The molecule has 2 heterocycles. The number of likely N-dealkylation sites (tertiary alicyclic amines) is 1. The lowest BCUT2D eigenvalue weighted by molar-refractivity contribution is 0.140. The Kier molecular flexibility index (Phi) is 4.26. The van der Waals surface area contributed by atoms with Crippen LogP contribution in [-0.2, 0) is 6.54 Å². The van der Waals surface area contributed by atoms with Crippen molar-refractivity contribution < 1.29 is 0 Å². The maximum absolute atomic E-state index is 6.08. The molecule has 1 aliphatic heterocycles. The van der Waals surface area contributed by atoms with E-state index in [1.54, 1.807) is 6.07 Å². The standard InChI is InChI=1S/C12H17Cl2N3/c1-8-6-10(15)4-5-17(8)7-9-2-3-11(13)16-12(9)14/h2-3,8,10H,4-7,15H2,1H3. The number of pyridine rings is 1. The summed E-state index contributed by atoms with van der Waals surface area (Å²) in [7, 11) is 0. The molecule has 2 atom stereocenters. The summed E-state index contributed by atoms with van der Waals surface area (Å²) in [6.45, 7) is 4.04. The van der Waals surface area contributed by atoms with E-state index in [2.05, 4.69) is 16.8 Å². The third kappa shape index (κ3) is 3.32. The Hall–Kier alpha value is -0.350. The first-order chi connectivity index (χ1) is 8.06. The van der Waals surface area contributed by atoms with E-state index in [0.717, 1.165) is 31.5 Å². The highest BCUT2D eigenvalue weighted by molar-refractivity contribution is 6.32. The molecule has 1 saturated heterocycles. The largest absolute Gasteiger partial charge is 0.328 e. The number of aromatic nitrogens is 1. The Bertz CT molecular complexity index is 397. The van der Waals surface area contributed by atoms with Crippen molar-refractivity contribution in [3.8, 4) is 0 Å². The van der Waals surface area contributed by atoms with Gasteiger partial charge in [-0.05, 0) is 25.8 Å². The molecule has 17 heavy (non-hydrogen) atoms. The quantitative estimate of drug-likeness (QED) is 0.843. The second-order valence-corrected chi connectivity index (χ2v) is 5.43. The van der Waals surface area contributed by atoms with Crippen LogP contribution in [0.25, 0.3) is 0 Å². The monoisotopic (exact) mass is 273 g/mol. The van der Waals surface area contributed by atoms with E-state index in [1.807, 2.05) is 6.07 Å². The molecule has 1 aromatic heterocycles. The summed E-state index contributed by atoms with van der Waals surface area (Å²) < 4.78 is 0. The smallest absolute Gasteiger partial charge is 0.135 e. The average molecular weight is 274 g/mol. The number of halogens is 2. The minimum Gasteiger partial charge on any atom is -0.328 e. The Labute approximate surface area is 112 Å². The number of nitrogens with two attached hydrogens (primary N) is 1. The molecular formula is C12H17Cl2N3. The molecule has 0 radical (unpaired) electrons. The Balaban J connectivity index is 2.05. The van der Waals surface area contributed by atoms with Gasteiger partial charge in [0.05, 0.1) is 0 Å². The Morgan fingerprint density at radius 2 is 2.24 bits per heavy atom. The van der Waals surface area contributed by atoms with Gasteiger partial charge in [0, 0.05) is 30.7 Å². The highest BCUT2D eigenvalue weighted by Crippen LogP contribution is 2.22. The minimum atomic E-state index is 0.333. The maximum atomic E-state index is 6.08. The molecule has 1 fully saturated rings. The number of hydrogen-bond donors (Lipinski definition) is 1. The van der Waals surface area contributed by atoms with E-state index < -0.39 is 0 Å². The predicted molar refractivity (Wildman–Crippen MR) is 71.3 cm³/mol. The van der Waals surface area contributed by atoms with E-state index in [4.69, 9.17) is 28.9 Å². The Morgan fingerprint density at radius 3 is 2.88 bits per heavy atom. The summed E-state index contributed by atoms with van der Waals surface area (Å²) in [5.74, 6) is 0. The van der Waals surface area contributed by atoms with Gasteiger partial charge in [-0.15, -0.1) is 0 Å². The molecule has 2 unspecified atom stereocenters. The zero-order chi connectivity index (χ0) is 12.4. The van der Waals surface area contributed by atoms with E-state index in [9.17, 15) is 0 Å². The van der Waals surface area contributed by atoms with Gasteiger partial charge < -0.3 is 5.73 Å². The molecule has 94 valence electrons. The summed E-state index contributed by atoms with van der Waals surface area (Å²) >= 11 is 11.9. The first-order valence-electron chi connectivity index (χ1n) is 5.87. The van der Waals surface area contributed by atoms with Gasteiger partial charge >= 0.3 is 0 Å². The summed E-state index contributed by atoms with van der Waals surface area (Å²) in [6.07, 6.45) is 2.08. The molecule has 2 rings (SSSR count). The minimum absolute atomic E-state index is 0.333. The lowest BCUT2D eigenvalue weighted by atomic mass is 9.99. The molecule has 5 heteroatoms. The van der Waals surface area contributed by atoms with Crippen molar-refractivity contribution >= 4 is 23.2 Å². The SMILES string of the molecule is CC1CC(N)CCN1Cc1ccc(Cl)nc1Cl. The van der Waals surface area contributed by atoms with Gasteiger partial charge in [-0.3, -0.25) is 4.90 Å². The number of nitrogens with zero attached hydrogens (tertiary/aromatic N) is 2. The lowest BCUT2D eigenvalue weighted by Gasteiger charge is -2.36. The van der Waals surface area contributed by atoms with Gasteiger partial charge in [-0.2, -0.15) is 0 Å². The van der Waals surface area contributed by atoms with Crippen LogP contribution in [0.3, 0.4) is 0 Å². The van der Waals surface area contributed by atoms with Crippen LogP contribution in [0.1, 0.15) is 25.3 Å². The second-order valence-electron chi connectivity index (χ2n) is 4.69. The van der Waals surface area contributed by atoms with Crippen molar-refractivity contribution in [3.63, 3.8) is 0 Å². The van der Waals surface area contributed by atoms with Crippen LogP contribution in [-0.4, -0.2) is 28.5 Å². The molecule has 0 aliphatic carbocycles. The normalized spacial score (nSPS) is 26.1. The average Bonchev–Trinajstić information content (AvgIpc) is 2.25. The molecule has 0 bridgehead atoms. The maximum Gasteiger partial charge on any atom is 0.135 e. The summed E-state index contributed by atoms with van der Waals surface area (Å²) in [5, 5.41) is 0.937. The van der Waals surface area contributed by atoms with E-state index in [-0.39, 0.29) is 0 Å². The van der Waals surface area contributed by atoms with Crippen LogP contribution in [0.5, 0.6) is 0 Å². The van der Waals surface area contributed by atoms with Gasteiger partial charge in [0.25, 0.3) is 0 Å². The zero-order valence-electron chi connectivity index (χ0n) is 9.87. The first-order valence-corrected chi connectivity index (χ1v) is 6.62. The van der Waals surface area contributed by atoms with Gasteiger partial charge in [0.2, 0.25) is 0 Å². The molecular weight excluding hydrogens is 257 g/mol. The van der Waals surface area contributed by atoms with Crippen LogP contribution >= 0.6 is 23.2 Å². The fourth-order valence-corrected chi connectivity index (χ4v) is 2.67. The van der Waals surface area contributed by atoms with Crippen molar-refractivity contribution in [3.05, 3.63) is 28.0 Å². The molecule has 3 nitrogen and oxygen atoms in total. The predicted octanol–water partition coefficient (Wildman–Crippen LogP) is 2.70. The fraction of sp³-hybridized carbons (Fsp3) is 0.583. The van der Waals surface area contributed by atoms with Crippen LogP contribution in [0.15, 0.2) is 12.1 Å². The Morgan fingerprint density at radius 1 is 1.47 bits per heavy atom. The topological polar surface area (TPSA) is 42.1 Å². The summed E-state index contributed by atoms with van der Waals surface area (Å²) in [5.41, 5.74) is 6.97. The highest BCUT2D eigenvalue weighted by Gasteiger charge is 2.23. The highest BCUT2D eigenvalue weighted by atomic mass is 35.5. The number of piperidine rings is 1. The van der Waals surface area contributed by atoms with Crippen molar-refractivity contribution in [2.45, 2.75) is 38.4 Å². The van der Waals surface area contributed by atoms with Crippen LogP contribution in [0, 0.1) is 0 Å². The van der Waals surface area contributed by atoms with Gasteiger partial charge in [-0.25, -0.2) is 4.98 Å². The molecule has 2 N–H and O–H groups in total. The lowest BCUT2D eigenvalue weighted by Crippen LogP contribution is -2.45. The molecule has 0 aromatic carbocycles. The summed E-state index contributed by atoms with van der Waals surface area (Å²) in [6, 6.07) is 4.55. The van der Waals surface area contributed by atoms with Crippen molar-refractivity contribution in [2.24, 2.45) is 5.73 Å². The summed E-state index contributed by atoms with van der Waals surface area (Å²) in [4.78, 5) is 6.45. The van der Waals surface area contributed by atoms with Crippen LogP contribution in [0.2, 0.25) is 10.3 Å². The molecule has 1 aromatic rings. The van der Waals surface area contributed by atoms with Crippen LogP contribution in [0.4, 0.5) is 0 Å². The van der Waals surface area contributed by atoms with Gasteiger partial charge in [-0.1, -0.05) is 29.3 Å². The molecule has 0 spiro atoms. The molecule has 0 saturated carbocycles. The van der Waals surface area contributed by atoms with Crippen molar-refractivity contribution in [2.75, 3.05) is 6.54 Å². The molecule has 0 amide bonds. The number of rotatable bonds is 2. The van der Waals surface area contributed by atoms with Crippen LogP contribution < -0.4 is 5.73 Å². The van der Waals surface area contributed by atoms with E-state index in [0.29, 0.717) is 22.4 Å². The van der Waals surface area contributed by atoms with E-state index in [1.165, 1.54) is 0 Å². The van der Waals surface area contributed by atoms with Crippen molar-refractivity contribution in [1.82, 2.24) is 9.88 Å². The van der Waals surface area contributed by atoms with E-state index >= 15 is 0 Å². The molecule has 1 aliphatic rings. The van der Waals surface area contributed by atoms with Gasteiger partial charge in [0.15, 0.2) is 0 Å². The van der Waals surface area contributed by atoms with Crippen molar-refractivity contribution in [1.29, 1.82) is 0 Å².